The molecule has 1 heterocycles. The molecule has 104 valence electrons. The van der Waals surface area contributed by atoms with Crippen molar-refractivity contribution in [3.05, 3.63) is 24.0 Å². The van der Waals surface area contributed by atoms with E-state index in [4.69, 9.17) is 5.73 Å². The zero-order valence-electron chi connectivity index (χ0n) is 11.2. The molecule has 0 spiro atoms. The van der Waals surface area contributed by atoms with Gasteiger partial charge in [-0.15, -0.1) is 0 Å². The average molecular weight is 263 g/mol. The van der Waals surface area contributed by atoms with Crippen molar-refractivity contribution in [2.24, 2.45) is 5.73 Å². The molecule has 19 heavy (non-hydrogen) atoms. The van der Waals surface area contributed by atoms with Gasteiger partial charge in [0.05, 0.1) is 5.69 Å². The van der Waals surface area contributed by atoms with Crippen molar-refractivity contribution in [1.29, 1.82) is 0 Å². The predicted octanol–water partition coefficient (Wildman–Crippen LogP) is 2.72. The zero-order valence-corrected chi connectivity index (χ0v) is 11.2. The van der Waals surface area contributed by atoms with Crippen molar-refractivity contribution in [3.8, 4) is 0 Å². The number of nitrogens with one attached hydrogen (secondary N) is 1. The molecule has 1 saturated heterocycles. The molecule has 0 aromatic heterocycles. The molecule has 3 rings (SSSR count). The van der Waals surface area contributed by atoms with Gasteiger partial charge in [0, 0.05) is 30.9 Å². The van der Waals surface area contributed by atoms with Crippen molar-refractivity contribution in [1.82, 2.24) is 0 Å². The molecule has 0 bridgehead atoms. The Hall–Kier alpha value is -1.29. The third-order valence-electron chi connectivity index (χ3n) is 4.24. The van der Waals surface area contributed by atoms with Crippen molar-refractivity contribution >= 4 is 11.4 Å². The number of hydrogen-bond donors (Lipinski definition) is 2. The summed E-state index contributed by atoms with van der Waals surface area (Å²) in [5, 5.41) is 3.39. The van der Waals surface area contributed by atoms with Gasteiger partial charge in [-0.3, -0.25) is 0 Å². The number of nitrogens with zero attached hydrogens (tertiary/aromatic N) is 1. The second-order valence-corrected chi connectivity index (χ2v) is 5.77. The van der Waals surface area contributed by atoms with E-state index in [0.29, 0.717) is 12.1 Å². The summed E-state index contributed by atoms with van der Waals surface area (Å²) in [6.07, 6.45) is 5.46. The van der Waals surface area contributed by atoms with Gasteiger partial charge in [-0.25, -0.2) is 4.39 Å². The van der Waals surface area contributed by atoms with E-state index in [2.05, 4.69) is 10.2 Å². The van der Waals surface area contributed by atoms with Gasteiger partial charge < -0.3 is 16.0 Å². The SMILES string of the molecule is NC1CCC(Nc2ccc(N3CCCC3)c(F)c2)C1. The molecule has 1 saturated carbocycles. The average Bonchev–Trinajstić information content (AvgIpc) is 3.01. The van der Waals surface area contributed by atoms with Crippen LogP contribution in [0.15, 0.2) is 18.2 Å². The quantitative estimate of drug-likeness (QED) is 0.881. The summed E-state index contributed by atoms with van der Waals surface area (Å²) < 4.78 is 14.1. The monoisotopic (exact) mass is 263 g/mol. The van der Waals surface area contributed by atoms with E-state index in [1.807, 2.05) is 12.1 Å². The maximum absolute atomic E-state index is 14.1. The molecule has 0 radical (unpaired) electrons. The molecule has 1 aliphatic heterocycles. The molecule has 4 heteroatoms. The van der Waals surface area contributed by atoms with E-state index in [-0.39, 0.29) is 5.82 Å². The van der Waals surface area contributed by atoms with Crippen LogP contribution in [0, 0.1) is 5.82 Å². The lowest BCUT2D eigenvalue weighted by molar-refractivity contribution is 0.622. The number of anilines is 2. The van der Waals surface area contributed by atoms with Gasteiger partial charge in [0.1, 0.15) is 5.82 Å². The molecule has 3 N–H and O–H groups in total. The van der Waals surface area contributed by atoms with Crippen molar-refractivity contribution in [2.45, 2.75) is 44.2 Å². The number of halogens is 1. The van der Waals surface area contributed by atoms with Crippen molar-refractivity contribution < 1.29 is 4.39 Å². The number of hydrogen-bond acceptors (Lipinski definition) is 3. The first kappa shape index (κ1) is 12.7. The van der Waals surface area contributed by atoms with Crippen LogP contribution < -0.4 is 16.0 Å². The predicted molar refractivity (Wildman–Crippen MR) is 77.1 cm³/mol. The minimum absolute atomic E-state index is 0.116. The highest BCUT2D eigenvalue weighted by molar-refractivity contribution is 5.57. The third-order valence-corrected chi connectivity index (χ3v) is 4.24. The lowest BCUT2D eigenvalue weighted by atomic mass is 10.2. The highest BCUT2D eigenvalue weighted by Gasteiger charge is 2.22. The fraction of sp³-hybridized carbons (Fsp3) is 0.600. The lowest BCUT2D eigenvalue weighted by Crippen LogP contribution is -2.21. The molecule has 2 unspecified atom stereocenters. The summed E-state index contributed by atoms with van der Waals surface area (Å²) in [6, 6.07) is 6.20. The Balaban J connectivity index is 1.68. The highest BCUT2D eigenvalue weighted by atomic mass is 19.1. The van der Waals surface area contributed by atoms with E-state index < -0.39 is 0 Å². The minimum atomic E-state index is -0.116. The van der Waals surface area contributed by atoms with Gasteiger partial charge in [0.25, 0.3) is 0 Å². The molecular weight excluding hydrogens is 241 g/mol. The van der Waals surface area contributed by atoms with Gasteiger partial charge in [0.2, 0.25) is 0 Å². The molecule has 1 aromatic rings. The van der Waals surface area contributed by atoms with Crippen molar-refractivity contribution in [2.75, 3.05) is 23.3 Å². The molecular formula is C15H22FN3. The van der Waals surface area contributed by atoms with Crippen LogP contribution in [0.3, 0.4) is 0 Å². The minimum Gasteiger partial charge on any atom is -0.382 e. The smallest absolute Gasteiger partial charge is 0.148 e. The van der Waals surface area contributed by atoms with E-state index in [1.54, 1.807) is 6.07 Å². The van der Waals surface area contributed by atoms with Crippen LogP contribution in [0.1, 0.15) is 32.1 Å². The van der Waals surface area contributed by atoms with Gasteiger partial charge in [-0.05, 0) is 50.3 Å². The Labute approximate surface area is 114 Å². The first-order valence-electron chi connectivity index (χ1n) is 7.29. The van der Waals surface area contributed by atoms with Crippen LogP contribution in [0.2, 0.25) is 0 Å². The second kappa shape index (κ2) is 5.37. The number of rotatable bonds is 3. The van der Waals surface area contributed by atoms with Crippen LogP contribution in [0.5, 0.6) is 0 Å². The third kappa shape index (κ3) is 2.84. The zero-order chi connectivity index (χ0) is 13.2. The summed E-state index contributed by atoms with van der Waals surface area (Å²) >= 11 is 0. The van der Waals surface area contributed by atoms with E-state index in [1.165, 1.54) is 12.8 Å². The molecule has 0 amide bonds. The molecule has 3 nitrogen and oxygen atoms in total. The van der Waals surface area contributed by atoms with Crippen LogP contribution in [0.4, 0.5) is 15.8 Å². The first-order chi connectivity index (χ1) is 9.22. The molecule has 2 aliphatic rings. The standard InChI is InChI=1S/C15H22FN3/c16-14-10-13(18-12-4-3-11(17)9-12)5-6-15(14)19-7-1-2-8-19/h5-6,10-12,18H,1-4,7-9,17H2. The largest absolute Gasteiger partial charge is 0.382 e. The molecule has 1 aliphatic carbocycles. The summed E-state index contributed by atoms with van der Waals surface area (Å²) in [6.45, 7) is 1.95. The Kier molecular flexibility index (Phi) is 3.60. The Morgan fingerprint density at radius 1 is 1.21 bits per heavy atom. The topological polar surface area (TPSA) is 41.3 Å². The maximum Gasteiger partial charge on any atom is 0.148 e. The Bertz CT molecular complexity index is 443. The van der Waals surface area contributed by atoms with Crippen molar-refractivity contribution in [3.63, 3.8) is 0 Å². The molecule has 1 aromatic carbocycles. The van der Waals surface area contributed by atoms with Crippen LogP contribution in [-0.4, -0.2) is 25.2 Å². The first-order valence-corrected chi connectivity index (χ1v) is 7.29. The van der Waals surface area contributed by atoms with Crippen LogP contribution >= 0.6 is 0 Å². The fourth-order valence-electron chi connectivity index (χ4n) is 3.19. The lowest BCUT2D eigenvalue weighted by Gasteiger charge is -2.20. The van der Waals surface area contributed by atoms with Gasteiger partial charge in [-0.1, -0.05) is 0 Å². The summed E-state index contributed by atoms with van der Waals surface area (Å²) in [5.74, 6) is -0.116. The van der Waals surface area contributed by atoms with Crippen LogP contribution in [0.25, 0.3) is 0 Å². The van der Waals surface area contributed by atoms with Gasteiger partial charge in [0.15, 0.2) is 0 Å². The van der Waals surface area contributed by atoms with Gasteiger partial charge >= 0.3 is 0 Å². The van der Waals surface area contributed by atoms with E-state index >= 15 is 0 Å². The molecule has 2 fully saturated rings. The fourth-order valence-corrected chi connectivity index (χ4v) is 3.19. The summed E-state index contributed by atoms with van der Waals surface area (Å²) in [4.78, 5) is 2.13. The summed E-state index contributed by atoms with van der Waals surface area (Å²) in [7, 11) is 0. The number of nitrogens with two attached hydrogens (primary N) is 1. The second-order valence-electron chi connectivity index (χ2n) is 5.77. The Morgan fingerprint density at radius 2 is 2.00 bits per heavy atom. The normalized spacial score (nSPS) is 26.9. The maximum atomic E-state index is 14.1. The number of benzene rings is 1. The highest BCUT2D eigenvalue weighted by Crippen LogP contribution is 2.28. The van der Waals surface area contributed by atoms with E-state index in [0.717, 1.165) is 43.7 Å². The Morgan fingerprint density at radius 3 is 2.63 bits per heavy atom. The summed E-state index contributed by atoms with van der Waals surface area (Å²) in [5.41, 5.74) is 7.51. The van der Waals surface area contributed by atoms with E-state index in [9.17, 15) is 4.39 Å². The van der Waals surface area contributed by atoms with Crippen LogP contribution in [-0.2, 0) is 0 Å². The molecule has 2 atom stereocenters. The van der Waals surface area contributed by atoms with Gasteiger partial charge in [-0.2, -0.15) is 0 Å².